The quantitative estimate of drug-likeness (QED) is 0.823. The number of carbonyl (C=O) groups is 1. The number of benzene rings is 2. The van der Waals surface area contributed by atoms with Gasteiger partial charge in [-0.2, -0.15) is 0 Å². The summed E-state index contributed by atoms with van der Waals surface area (Å²) in [4.78, 5) is 12.0. The third-order valence-electron chi connectivity index (χ3n) is 3.01. The molecule has 0 N–H and O–H groups in total. The topological polar surface area (TPSA) is 17.1 Å². The standard InChI is InChI=1S/C16H14BrFO/c1-11-2-7-15(18)9-13(11)10-16(19)8-12-3-5-14(17)6-4-12/h2-7,9H,8,10H2,1H3. The first kappa shape index (κ1) is 13.9. The van der Waals surface area contributed by atoms with Crippen molar-refractivity contribution in [1.29, 1.82) is 0 Å². The van der Waals surface area contributed by atoms with E-state index < -0.39 is 0 Å². The fourth-order valence-corrected chi connectivity index (χ4v) is 2.20. The van der Waals surface area contributed by atoms with Crippen LogP contribution in [0.15, 0.2) is 46.9 Å². The summed E-state index contributed by atoms with van der Waals surface area (Å²) in [5, 5.41) is 0. The minimum absolute atomic E-state index is 0.0935. The summed E-state index contributed by atoms with van der Waals surface area (Å²) >= 11 is 3.36. The second-order valence-corrected chi connectivity index (χ2v) is 5.51. The Kier molecular flexibility index (Phi) is 4.48. The smallest absolute Gasteiger partial charge is 0.141 e. The average molecular weight is 321 g/mol. The molecule has 98 valence electrons. The molecule has 0 atom stereocenters. The van der Waals surface area contributed by atoms with Crippen molar-refractivity contribution < 1.29 is 9.18 Å². The van der Waals surface area contributed by atoms with E-state index in [9.17, 15) is 9.18 Å². The van der Waals surface area contributed by atoms with E-state index in [1.807, 2.05) is 31.2 Å². The largest absolute Gasteiger partial charge is 0.299 e. The highest BCUT2D eigenvalue weighted by molar-refractivity contribution is 9.10. The lowest BCUT2D eigenvalue weighted by Gasteiger charge is -2.06. The number of ketones is 1. The van der Waals surface area contributed by atoms with Crippen molar-refractivity contribution in [1.82, 2.24) is 0 Å². The fourth-order valence-electron chi connectivity index (χ4n) is 1.94. The van der Waals surface area contributed by atoms with Gasteiger partial charge in [-0.05, 0) is 47.9 Å². The first-order valence-electron chi connectivity index (χ1n) is 6.06. The normalized spacial score (nSPS) is 10.5. The monoisotopic (exact) mass is 320 g/mol. The molecule has 2 rings (SSSR count). The number of Topliss-reactive ketones (excluding diaryl/α,β-unsaturated/α-hetero) is 1. The van der Waals surface area contributed by atoms with Crippen molar-refractivity contribution in [2.75, 3.05) is 0 Å². The van der Waals surface area contributed by atoms with Gasteiger partial charge in [0.05, 0.1) is 0 Å². The third kappa shape index (κ3) is 4.00. The van der Waals surface area contributed by atoms with Gasteiger partial charge in [0.1, 0.15) is 11.6 Å². The molecule has 0 amide bonds. The van der Waals surface area contributed by atoms with E-state index >= 15 is 0 Å². The zero-order chi connectivity index (χ0) is 13.8. The Labute approximate surface area is 120 Å². The van der Waals surface area contributed by atoms with E-state index in [2.05, 4.69) is 15.9 Å². The number of carbonyl (C=O) groups excluding carboxylic acids is 1. The molecule has 0 saturated carbocycles. The predicted octanol–water partition coefficient (Wildman–Crippen LogP) is 4.25. The van der Waals surface area contributed by atoms with E-state index in [0.29, 0.717) is 6.42 Å². The summed E-state index contributed by atoms with van der Waals surface area (Å²) in [6, 6.07) is 12.2. The van der Waals surface area contributed by atoms with Gasteiger partial charge >= 0.3 is 0 Å². The van der Waals surface area contributed by atoms with E-state index in [1.54, 1.807) is 6.07 Å². The Morgan fingerprint density at radius 2 is 1.79 bits per heavy atom. The van der Waals surface area contributed by atoms with Gasteiger partial charge in [0, 0.05) is 17.3 Å². The van der Waals surface area contributed by atoms with Crippen LogP contribution in [0, 0.1) is 12.7 Å². The molecular weight excluding hydrogens is 307 g/mol. The highest BCUT2D eigenvalue weighted by Crippen LogP contribution is 2.14. The molecule has 0 radical (unpaired) electrons. The van der Waals surface area contributed by atoms with Gasteiger partial charge in [0.15, 0.2) is 0 Å². The fraction of sp³-hybridized carbons (Fsp3) is 0.188. The van der Waals surface area contributed by atoms with Gasteiger partial charge < -0.3 is 0 Å². The Hall–Kier alpha value is -1.48. The molecule has 0 unspecified atom stereocenters. The minimum Gasteiger partial charge on any atom is -0.299 e. The second kappa shape index (κ2) is 6.11. The van der Waals surface area contributed by atoms with Crippen molar-refractivity contribution in [3.8, 4) is 0 Å². The average Bonchev–Trinajstić information content (AvgIpc) is 2.37. The van der Waals surface area contributed by atoms with Crippen molar-refractivity contribution >= 4 is 21.7 Å². The van der Waals surface area contributed by atoms with Gasteiger partial charge in [-0.25, -0.2) is 4.39 Å². The summed E-state index contributed by atoms with van der Waals surface area (Å²) in [6.45, 7) is 1.89. The van der Waals surface area contributed by atoms with Gasteiger partial charge in [0.25, 0.3) is 0 Å². The third-order valence-corrected chi connectivity index (χ3v) is 3.54. The Bertz CT molecular complexity index is 590. The highest BCUT2D eigenvalue weighted by atomic mass is 79.9. The molecule has 2 aromatic carbocycles. The molecule has 0 aromatic heterocycles. The van der Waals surface area contributed by atoms with Crippen LogP contribution in [-0.2, 0) is 17.6 Å². The van der Waals surface area contributed by atoms with Crippen LogP contribution < -0.4 is 0 Å². The molecule has 0 aliphatic carbocycles. The molecule has 0 saturated heterocycles. The summed E-state index contributed by atoms with van der Waals surface area (Å²) in [6.07, 6.45) is 0.656. The number of hydrogen-bond acceptors (Lipinski definition) is 1. The van der Waals surface area contributed by atoms with E-state index in [-0.39, 0.29) is 18.0 Å². The van der Waals surface area contributed by atoms with Crippen LogP contribution in [-0.4, -0.2) is 5.78 Å². The lowest BCUT2D eigenvalue weighted by Crippen LogP contribution is -2.08. The molecule has 0 spiro atoms. The molecule has 19 heavy (non-hydrogen) atoms. The van der Waals surface area contributed by atoms with Crippen LogP contribution in [0.5, 0.6) is 0 Å². The Morgan fingerprint density at radius 3 is 2.47 bits per heavy atom. The zero-order valence-corrected chi connectivity index (χ0v) is 12.2. The SMILES string of the molecule is Cc1ccc(F)cc1CC(=O)Cc1ccc(Br)cc1. The number of aryl methyl sites for hydroxylation is 1. The van der Waals surface area contributed by atoms with Crippen LogP contribution in [0.1, 0.15) is 16.7 Å². The second-order valence-electron chi connectivity index (χ2n) is 4.59. The van der Waals surface area contributed by atoms with E-state index in [1.165, 1.54) is 12.1 Å². The van der Waals surface area contributed by atoms with Crippen molar-refractivity contribution in [3.05, 3.63) is 69.4 Å². The van der Waals surface area contributed by atoms with Gasteiger partial charge in [0.2, 0.25) is 0 Å². The summed E-state index contributed by atoms with van der Waals surface area (Å²) in [5.74, 6) is -0.201. The van der Waals surface area contributed by atoms with Gasteiger partial charge in [-0.3, -0.25) is 4.79 Å². The molecule has 0 aliphatic heterocycles. The Morgan fingerprint density at radius 1 is 1.11 bits per heavy atom. The van der Waals surface area contributed by atoms with E-state index in [0.717, 1.165) is 21.2 Å². The summed E-state index contributed by atoms with van der Waals surface area (Å²) in [5.41, 5.74) is 2.69. The first-order valence-corrected chi connectivity index (χ1v) is 6.85. The van der Waals surface area contributed by atoms with Gasteiger partial charge in [-0.1, -0.05) is 34.1 Å². The predicted molar refractivity (Wildman–Crippen MR) is 77.7 cm³/mol. The van der Waals surface area contributed by atoms with Crippen LogP contribution in [0.4, 0.5) is 4.39 Å². The lowest BCUT2D eigenvalue weighted by molar-refractivity contribution is -0.117. The van der Waals surface area contributed by atoms with Crippen LogP contribution in [0.3, 0.4) is 0 Å². The summed E-state index contributed by atoms with van der Waals surface area (Å²) in [7, 11) is 0. The number of halogens is 2. The number of hydrogen-bond donors (Lipinski definition) is 0. The maximum Gasteiger partial charge on any atom is 0.141 e. The molecule has 0 bridgehead atoms. The molecule has 3 heteroatoms. The molecule has 2 aromatic rings. The molecule has 1 nitrogen and oxygen atoms in total. The number of rotatable bonds is 4. The van der Waals surface area contributed by atoms with Crippen LogP contribution in [0.25, 0.3) is 0 Å². The Balaban J connectivity index is 2.05. The first-order chi connectivity index (χ1) is 9.04. The molecule has 0 fully saturated rings. The van der Waals surface area contributed by atoms with Crippen molar-refractivity contribution in [2.45, 2.75) is 19.8 Å². The molecular formula is C16H14BrFO. The van der Waals surface area contributed by atoms with Crippen LogP contribution >= 0.6 is 15.9 Å². The maximum atomic E-state index is 13.2. The lowest BCUT2D eigenvalue weighted by atomic mass is 9.99. The molecule has 0 heterocycles. The zero-order valence-electron chi connectivity index (χ0n) is 10.6. The molecule has 0 aliphatic rings. The van der Waals surface area contributed by atoms with E-state index in [4.69, 9.17) is 0 Å². The maximum absolute atomic E-state index is 13.2. The minimum atomic E-state index is -0.294. The van der Waals surface area contributed by atoms with Gasteiger partial charge in [-0.15, -0.1) is 0 Å². The van der Waals surface area contributed by atoms with Crippen molar-refractivity contribution in [2.24, 2.45) is 0 Å². The van der Waals surface area contributed by atoms with Crippen LogP contribution in [0.2, 0.25) is 0 Å². The van der Waals surface area contributed by atoms with Crippen molar-refractivity contribution in [3.63, 3.8) is 0 Å². The highest BCUT2D eigenvalue weighted by Gasteiger charge is 2.08. The summed E-state index contributed by atoms with van der Waals surface area (Å²) < 4.78 is 14.1.